The Balaban J connectivity index is 1.26. The van der Waals surface area contributed by atoms with Crippen molar-refractivity contribution in [3.8, 4) is 5.75 Å². The summed E-state index contributed by atoms with van der Waals surface area (Å²) < 4.78 is 11.1. The molecule has 0 unspecified atom stereocenters. The molecule has 256 valence electrons. The normalized spacial score (nSPS) is 11.3. The highest BCUT2D eigenvalue weighted by molar-refractivity contribution is 5.96. The van der Waals surface area contributed by atoms with Crippen molar-refractivity contribution in [3.05, 3.63) is 106 Å². The fourth-order valence-corrected chi connectivity index (χ4v) is 5.04. The first-order chi connectivity index (χ1) is 23.5. The number of nitrogens with one attached hydrogen (secondary N) is 3. The molecular formula is C36H38N4O9. The van der Waals surface area contributed by atoms with E-state index in [1.165, 1.54) is 6.07 Å². The average molecular weight is 671 g/mol. The van der Waals surface area contributed by atoms with Crippen molar-refractivity contribution in [2.75, 3.05) is 11.9 Å². The van der Waals surface area contributed by atoms with Gasteiger partial charge in [-0.1, -0.05) is 48.9 Å². The molecule has 0 aliphatic rings. The topological polar surface area (TPSA) is 207 Å². The number of primary amides is 1. The standard InChI is InChI=1S/C36H38N4O9/c37-31(41)18-25-19-35(46)49-30-20-27(15-16-28(25)30)48-22-24-11-13-26(14-12-24)39-33(43)21-38-36(47)29(17-23-7-3-1-4-8-23)40-32(42)9-5-2-6-10-34(44)45/h1,3-4,7-8,11-16,19-20,29H,2,5-6,9-10,17-18,21-22H2,(H2,37,41)(H,38,47)(H,39,43)(H,40,42)(H,44,45)/t29-/m0/s1. The third-order valence-electron chi connectivity index (χ3n) is 7.46. The first-order valence-corrected chi connectivity index (χ1v) is 15.7. The smallest absolute Gasteiger partial charge is 0.336 e. The van der Waals surface area contributed by atoms with Gasteiger partial charge in [-0.2, -0.15) is 0 Å². The molecule has 0 saturated carbocycles. The molecule has 4 amide bonds. The van der Waals surface area contributed by atoms with Gasteiger partial charge < -0.3 is 35.9 Å². The number of fused-ring (bicyclic) bond motifs is 1. The van der Waals surface area contributed by atoms with E-state index in [1.807, 2.05) is 30.3 Å². The first kappa shape index (κ1) is 35.9. The maximum Gasteiger partial charge on any atom is 0.336 e. The zero-order chi connectivity index (χ0) is 35.2. The van der Waals surface area contributed by atoms with E-state index < -0.39 is 35.4 Å². The van der Waals surface area contributed by atoms with Gasteiger partial charge in [0, 0.05) is 42.5 Å². The molecule has 3 aromatic carbocycles. The van der Waals surface area contributed by atoms with Gasteiger partial charge in [0.05, 0.1) is 13.0 Å². The number of rotatable bonds is 18. The molecule has 13 nitrogen and oxygen atoms in total. The minimum absolute atomic E-state index is 0.0412. The summed E-state index contributed by atoms with van der Waals surface area (Å²) in [6, 6.07) is 21.3. The van der Waals surface area contributed by atoms with Crippen molar-refractivity contribution in [2.45, 2.75) is 57.6 Å². The minimum atomic E-state index is -0.906. The molecule has 0 radical (unpaired) electrons. The molecule has 0 saturated heterocycles. The van der Waals surface area contributed by atoms with Gasteiger partial charge in [-0.3, -0.25) is 24.0 Å². The Hall–Kier alpha value is -5.98. The zero-order valence-corrected chi connectivity index (χ0v) is 26.7. The Morgan fingerprint density at radius 1 is 0.837 bits per heavy atom. The Morgan fingerprint density at radius 2 is 1.57 bits per heavy atom. The SMILES string of the molecule is NC(=O)Cc1cc(=O)oc2cc(OCc3ccc(NC(=O)CNC(=O)[C@H](Cc4ccccc4)NC(=O)CCCCCC(=O)O)cc3)ccc12. The highest BCUT2D eigenvalue weighted by atomic mass is 16.5. The quantitative estimate of drug-likeness (QED) is 0.0777. The number of carbonyl (C=O) groups is 5. The molecule has 0 bridgehead atoms. The molecule has 0 aliphatic carbocycles. The van der Waals surface area contributed by atoms with Crippen LogP contribution in [-0.4, -0.2) is 47.3 Å². The molecule has 6 N–H and O–H groups in total. The van der Waals surface area contributed by atoms with Crippen molar-refractivity contribution in [1.82, 2.24) is 10.6 Å². The van der Waals surface area contributed by atoms with E-state index in [-0.39, 0.29) is 50.3 Å². The Bertz CT molecular complexity index is 1840. The molecular weight excluding hydrogens is 632 g/mol. The summed E-state index contributed by atoms with van der Waals surface area (Å²) in [4.78, 5) is 72.2. The number of benzene rings is 3. The molecule has 4 aromatic rings. The van der Waals surface area contributed by atoms with Crippen LogP contribution in [0, 0.1) is 0 Å². The minimum Gasteiger partial charge on any atom is -0.489 e. The van der Waals surface area contributed by atoms with E-state index >= 15 is 0 Å². The lowest BCUT2D eigenvalue weighted by Crippen LogP contribution is -2.49. The number of hydrogen-bond acceptors (Lipinski definition) is 8. The van der Waals surface area contributed by atoms with Crippen molar-refractivity contribution < 1.29 is 38.2 Å². The zero-order valence-electron chi connectivity index (χ0n) is 26.7. The van der Waals surface area contributed by atoms with Crippen LogP contribution in [0.5, 0.6) is 5.75 Å². The highest BCUT2D eigenvalue weighted by Gasteiger charge is 2.22. The number of hydrogen-bond donors (Lipinski definition) is 5. The molecule has 0 fully saturated rings. The molecule has 0 aliphatic heterocycles. The van der Waals surface area contributed by atoms with E-state index in [9.17, 15) is 28.8 Å². The van der Waals surface area contributed by atoms with Gasteiger partial charge in [-0.15, -0.1) is 0 Å². The van der Waals surface area contributed by atoms with Gasteiger partial charge in [-0.25, -0.2) is 4.79 Å². The van der Waals surface area contributed by atoms with Crippen molar-refractivity contribution >= 4 is 46.3 Å². The third kappa shape index (κ3) is 12.0. The predicted octanol–water partition coefficient (Wildman–Crippen LogP) is 3.22. The number of carboxylic acid groups (broad SMARTS) is 1. The number of carboxylic acids is 1. The van der Waals surface area contributed by atoms with Crippen LogP contribution in [0.1, 0.15) is 48.8 Å². The summed E-state index contributed by atoms with van der Waals surface area (Å²) in [7, 11) is 0. The molecule has 1 heterocycles. The van der Waals surface area contributed by atoms with Gasteiger partial charge in [0.25, 0.3) is 0 Å². The number of unbranched alkanes of at least 4 members (excludes halogenated alkanes) is 2. The average Bonchev–Trinajstić information content (AvgIpc) is 3.06. The van der Waals surface area contributed by atoms with E-state index in [1.54, 1.807) is 42.5 Å². The van der Waals surface area contributed by atoms with Gasteiger partial charge >= 0.3 is 11.6 Å². The lowest BCUT2D eigenvalue weighted by Gasteiger charge is -2.19. The van der Waals surface area contributed by atoms with Crippen LogP contribution in [0.3, 0.4) is 0 Å². The number of nitrogens with two attached hydrogens (primary N) is 1. The van der Waals surface area contributed by atoms with Crippen LogP contribution in [-0.2, 0) is 43.4 Å². The van der Waals surface area contributed by atoms with E-state index in [0.717, 1.165) is 11.1 Å². The molecule has 13 heteroatoms. The second-order valence-corrected chi connectivity index (χ2v) is 11.4. The van der Waals surface area contributed by atoms with Crippen molar-refractivity contribution in [2.24, 2.45) is 5.73 Å². The summed E-state index contributed by atoms with van der Waals surface area (Å²) >= 11 is 0. The Labute approximate surface area is 281 Å². The summed E-state index contributed by atoms with van der Waals surface area (Å²) in [6.07, 6.45) is 1.87. The lowest BCUT2D eigenvalue weighted by molar-refractivity contribution is -0.137. The molecule has 4 rings (SSSR count). The maximum absolute atomic E-state index is 13.0. The number of ether oxygens (including phenoxy) is 1. The van der Waals surface area contributed by atoms with Gasteiger partial charge in [0.1, 0.15) is 24.0 Å². The van der Waals surface area contributed by atoms with Crippen molar-refractivity contribution in [1.29, 1.82) is 0 Å². The lowest BCUT2D eigenvalue weighted by atomic mass is 10.0. The van der Waals surface area contributed by atoms with Crippen LogP contribution in [0.4, 0.5) is 5.69 Å². The largest absolute Gasteiger partial charge is 0.489 e. The van der Waals surface area contributed by atoms with E-state index in [0.29, 0.717) is 41.6 Å². The van der Waals surface area contributed by atoms with E-state index in [2.05, 4.69) is 16.0 Å². The fourth-order valence-electron chi connectivity index (χ4n) is 5.04. The second-order valence-electron chi connectivity index (χ2n) is 11.4. The molecule has 0 spiro atoms. The maximum atomic E-state index is 13.0. The van der Waals surface area contributed by atoms with Gasteiger partial charge in [-0.05, 0) is 53.8 Å². The Kier molecular flexibility index (Phi) is 13.0. The van der Waals surface area contributed by atoms with Gasteiger partial charge in [0.15, 0.2) is 0 Å². The highest BCUT2D eigenvalue weighted by Crippen LogP contribution is 2.24. The summed E-state index contributed by atoms with van der Waals surface area (Å²) in [5.74, 6) is -2.31. The van der Waals surface area contributed by atoms with Crippen LogP contribution in [0.15, 0.2) is 88.1 Å². The van der Waals surface area contributed by atoms with Crippen LogP contribution >= 0.6 is 0 Å². The van der Waals surface area contributed by atoms with Gasteiger partial charge in [0.2, 0.25) is 23.6 Å². The monoisotopic (exact) mass is 670 g/mol. The molecule has 1 atom stereocenters. The van der Waals surface area contributed by atoms with E-state index in [4.69, 9.17) is 20.0 Å². The predicted molar refractivity (Wildman–Crippen MR) is 181 cm³/mol. The number of aliphatic carboxylic acids is 1. The molecule has 49 heavy (non-hydrogen) atoms. The van der Waals surface area contributed by atoms with Crippen molar-refractivity contribution in [3.63, 3.8) is 0 Å². The Morgan fingerprint density at radius 3 is 2.29 bits per heavy atom. The summed E-state index contributed by atoms with van der Waals surface area (Å²) in [6.45, 7) is -0.142. The van der Waals surface area contributed by atoms with Crippen LogP contribution in [0.2, 0.25) is 0 Å². The fraction of sp³-hybridized carbons (Fsp3) is 0.278. The number of carbonyl (C=O) groups excluding carboxylic acids is 4. The number of anilines is 1. The van der Waals surface area contributed by atoms with Crippen LogP contribution < -0.4 is 32.0 Å². The third-order valence-corrected chi connectivity index (χ3v) is 7.46. The first-order valence-electron chi connectivity index (χ1n) is 15.7. The summed E-state index contributed by atoms with van der Waals surface area (Å²) in [5.41, 5.74) is 7.54. The number of amides is 4. The second kappa shape index (κ2) is 17.8. The van der Waals surface area contributed by atoms with Crippen LogP contribution in [0.25, 0.3) is 11.0 Å². The summed E-state index contributed by atoms with van der Waals surface area (Å²) in [5, 5.41) is 17.4. The molecule has 1 aromatic heterocycles.